The van der Waals surface area contributed by atoms with Crippen LogP contribution >= 0.6 is 34.9 Å². The van der Waals surface area contributed by atoms with Gasteiger partial charge in [0.15, 0.2) is 0 Å². The summed E-state index contributed by atoms with van der Waals surface area (Å²) in [6.45, 7) is 0.851. The van der Waals surface area contributed by atoms with Gasteiger partial charge in [-0.3, -0.25) is 9.59 Å². The van der Waals surface area contributed by atoms with Crippen LogP contribution in [0.25, 0.3) is 0 Å². The SMILES string of the molecule is O=C(CN1CSCC1=O)NCCSCc1ccsc1. The fourth-order valence-electron chi connectivity index (χ4n) is 1.60. The van der Waals surface area contributed by atoms with Crippen LogP contribution in [0.3, 0.4) is 0 Å². The molecule has 0 spiro atoms. The average Bonchev–Trinajstić information content (AvgIpc) is 3.02. The summed E-state index contributed by atoms with van der Waals surface area (Å²) in [4.78, 5) is 24.5. The Kier molecular flexibility index (Phi) is 6.06. The number of hydrogen-bond donors (Lipinski definition) is 1. The molecule has 1 aliphatic heterocycles. The first-order valence-corrected chi connectivity index (χ1v) is 9.22. The van der Waals surface area contributed by atoms with Crippen molar-refractivity contribution in [3.63, 3.8) is 0 Å². The molecule has 7 heteroatoms. The van der Waals surface area contributed by atoms with Gasteiger partial charge in [0, 0.05) is 18.1 Å². The molecule has 1 saturated heterocycles. The van der Waals surface area contributed by atoms with Gasteiger partial charge in [-0.1, -0.05) is 0 Å². The molecule has 1 aliphatic rings. The van der Waals surface area contributed by atoms with E-state index in [-0.39, 0.29) is 18.4 Å². The summed E-state index contributed by atoms with van der Waals surface area (Å²) in [6.07, 6.45) is 0. The van der Waals surface area contributed by atoms with Crippen LogP contribution in [0.5, 0.6) is 0 Å². The second-order valence-electron chi connectivity index (χ2n) is 4.10. The fourth-order valence-corrected chi connectivity index (χ4v) is 4.08. The molecule has 1 fully saturated rings. The number of carbonyl (C=O) groups is 2. The molecule has 1 aromatic heterocycles. The molecule has 1 N–H and O–H groups in total. The zero-order valence-corrected chi connectivity index (χ0v) is 12.9. The highest BCUT2D eigenvalue weighted by molar-refractivity contribution is 8.00. The third kappa shape index (κ3) is 5.08. The van der Waals surface area contributed by atoms with E-state index >= 15 is 0 Å². The minimum atomic E-state index is -0.0630. The van der Waals surface area contributed by atoms with Crippen LogP contribution in [-0.4, -0.2) is 47.2 Å². The van der Waals surface area contributed by atoms with Gasteiger partial charge in [0.25, 0.3) is 0 Å². The number of amides is 2. The van der Waals surface area contributed by atoms with Crippen molar-refractivity contribution in [3.05, 3.63) is 22.4 Å². The lowest BCUT2D eigenvalue weighted by Crippen LogP contribution is -2.38. The molecular formula is C12H16N2O2S3. The third-order valence-electron chi connectivity index (χ3n) is 2.58. The molecule has 0 unspecified atom stereocenters. The van der Waals surface area contributed by atoms with Gasteiger partial charge >= 0.3 is 0 Å². The summed E-state index contributed by atoms with van der Waals surface area (Å²) >= 11 is 5.06. The minimum absolute atomic E-state index is 0.0620. The van der Waals surface area contributed by atoms with Crippen molar-refractivity contribution in [2.24, 2.45) is 0 Å². The lowest BCUT2D eigenvalue weighted by atomic mass is 10.4. The number of carbonyl (C=O) groups excluding carboxylic acids is 2. The fraction of sp³-hybridized carbons (Fsp3) is 0.500. The summed E-state index contributed by atoms with van der Waals surface area (Å²) in [5.74, 6) is 3.02. The van der Waals surface area contributed by atoms with Gasteiger partial charge in [-0.05, 0) is 22.4 Å². The largest absolute Gasteiger partial charge is 0.354 e. The quantitative estimate of drug-likeness (QED) is 0.777. The summed E-state index contributed by atoms with van der Waals surface area (Å²) < 4.78 is 0. The van der Waals surface area contributed by atoms with E-state index in [0.29, 0.717) is 18.2 Å². The molecule has 2 amide bonds. The van der Waals surface area contributed by atoms with E-state index in [4.69, 9.17) is 0 Å². The van der Waals surface area contributed by atoms with E-state index in [2.05, 4.69) is 22.1 Å². The molecular weight excluding hydrogens is 300 g/mol. The molecule has 104 valence electrons. The monoisotopic (exact) mass is 316 g/mol. The van der Waals surface area contributed by atoms with Gasteiger partial charge in [-0.25, -0.2) is 0 Å². The van der Waals surface area contributed by atoms with E-state index in [1.165, 1.54) is 5.56 Å². The maximum atomic E-state index is 11.6. The van der Waals surface area contributed by atoms with Crippen LogP contribution in [0.1, 0.15) is 5.56 Å². The Morgan fingerprint density at radius 2 is 2.42 bits per heavy atom. The van der Waals surface area contributed by atoms with E-state index < -0.39 is 0 Å². The molecule has 4 nitrogen and oxygen atoms in total. The van der Waals surface area contributed by atoms with Gasteiger partial charge in [-0.15, -0.1) is 11.8 Å². The number of hydrogen-bond acceptors (Lipinski definition) is 5. The van der Waals surface area contributed by atoms with Crippen molar-refractivity contribution in [2.75, 3.05) is 30.5 Å². The van der Waals surface area contributed by atoms with Crippen molar-refractivity contribution < 1.29 is 9.59 Å². The van der Waals surface area contributed by atoms with Crippen LogP contribution in [-0.2, 0) is 15.3 Å². The van der Waals surface area contributed by atoms with E-state index in [0.717, 1.165) is 11.5 Å². The summed E-state index contributed by atoms with van der Waals surface area (Å²) in [5.41, 5.74) is 1.33. The van der Waals surface area contributed by atoms with Gasteiger partial charge in [0.1, 0.15) is 6.54 Å². The Morgan fingerprint density at radius 3 is 3.11 bits per heavy atom. The van der Waals surface area contributed by atoms with Crippen LogP contribution in [0.15, 0.2) is 16.8 Å². The van der Waals surface area contributed by atoms with Crippen LogP contribution in [0.4, 0.5) is 0 Å². The molecule has 1 aromatic rings. The number of nitrogens with one attached hydrogen (secondary N) is 1. The van der Waals surface area contributed by atoms with Gasteiger partial charge in [-0.2, -0.15) is 23.1 Å². The predicted octanol–water partition coefficient (Wildman–Crippen LogP) is 1.63. The van der Waals surface area contributed by atoms with Crippen molar-refractivity contribution in [1.29, 1.82) is 0 Å². The average molecular weight is 316 g/mol. The highest BCUT2D eigenvalue weighted by Crippen LogP contribution is 2.15. The molecule has 0 bridgehead atoms. The first-order valence-electron chi connectivity index (χ1n) is 5.97. The first-order chi connectivity index (χ1) is 9.25. The van der Waals surface area contributed by atoms with Crippen LogP contribution in [0, 0.1) is 0 Å². The number of nitrogens with zero attached hydrogens (tertiary/aromatic N) is 1. The molecule has 0 radical (unpaired) electrons. The second kappa shape index (κ2) is 7.81. The van der Waals surface area contributed by atoms with E-state index in [1.54, 1.807) is 39.8 Å². The zero-order chi connectivity index (χ0) is 13.5. The van der Waals surface area contributed by atoms with Gasteiger partial charge < -0.3 is 10.2 Å². The van der Waals surface area contributed by atoms with Crippen molar-refractivity contribution in [1.82, 2.24) is 10.2 Å². The lowest BCUT2D eigenvalue weighted by molar-refractivity contribution is -0.132. The van der Waals surface area contributed by atoms with Crippen molar-refractivity contribution in [2.45, 2.75) is 5.75 Å². The highest BCUT2D eigenvalue weighted by Gasteiger charge is 2.22. The Bertz CT molecular complexity index is 423. The summed E-state index contributed by atoms with van der Waals surface area (Å²) in [7, 11) is 0. The Hall–Kier alpha value is -0.660. The van der Waals surface area contributed by atoms with Crippen LogP contribution in [0.2, 0.25) is 0 Å². The Balaban J connectivity index is 1.53. The molecule has 19 heavy (non-hydrogen) atoms. The topological polar surface area (TPSA) is 49.4 Å². The number of thioether (sulfide) groups is 2. The molecule has 2 heterocycles. The maximum absolute atomic E-state index is 11.6. The standard InChI is InChI=1S/C12H16N2O2S3/c15-11(5-14-9-19-8-12(14)16)13-2-4-18-7-10-1-3-17-6-10/h1,3,6H,2,4-5,7-9H2,(H,13,15). The summed E-state index contributed by atoms with van der Waals surface area (Å²) in [6, 6.07) is 2.12. The van der Waals surface area contributed by atoms with E-state index in [9.17, 15) is 9.59 Å². The first kappa shape index (κ1) is 14.7. The number of thiophene rings is 1. The minimum Gasteiger partial charge on any atom is -0.354 e. The van der Waals surface area contributed by atoms with Crippen LogP contribution < -0.4 is 5.32 Å². The van der Waals surface area contributed by atoms with Gasteiger partial charge in [0.2, 0.25) is 11.8 Å². The molecule has 0 atom stereocenters. The van der Waals surface area contributed by atoms with Crippen molar-refractivity contribution in [3.8, 4) is 0 Å². The molecule has 0 saturated carbocycles. The summed E-state index contributed by atoms with van der Waals surface area (Å²) in [5, 5.41) is 7.06. The molecule has 0 aliphatic carbocycles. The predicted molar refractivity (Wildman–Crippen MR) is 82.5 cm³/mol. The maximum Gasteiger partial charge on any atom is 0.239 e. The normalized spacial score (nSPS) is 14.9. The second-order valence-corrected chi connectivity index (χ2v) is 6.94. The zero-order valence-electron chi connectivity index (χ0n) is 10.5. The third-order valence-corrected chi connectivity index (χ3v) is 5.28. The molecule has 2 rings (SSSR count). The number of rotatable bonds is 7. The van der Waals surface area contributed by atoms with E-state index in [1.807, 2.05) is 0 Å². The lowest BCUT2D eigenvalue weighted by Gasteiger charge is -2.13. The Morgan fingerprint density at radius 1 is 1.53 bits per heavy atom. The Labute approximate surface area is 125 Å². The highest BCUT2D eigenvalue weighted by atomic mass is 32.2. The van der Waals surface area contributed by atoms with Crippen molar-refractivity contribution >= 4 is 46.7 Å². The van der Waals surface area contributed by atoms with Gasteiger partial charge in [0.05, 0.1) is 11.6 Å². The molecule has 0 aromatic carbocycles. The smallest absolute Gasteiger partial charge is 0.239 e.